The Bertz CT molecular complexity index is 227. The van der Waals surface area contributed by atoms with Gasteiger partial charge in [-0.1, -0.05) is 19.8 Å². The fourth-order valence-corrected chi connectivity index (χ4v) is 3.23. The lowest BCUT2D eigenvalue weighted by molar-refractivity contribution is -0.104. The van der Waals surface area contributed by atoms with Gasteiger partial charge >= 0.3 is 0 Å². The molecule has 2 aliphatic rings. The van der Waals surface area contributed by atoms with E-state index in [1.54, 1.807) is 0 Å². The second kappa shape index (κ2) is 7.46. The molecule has 0 amide bonds. The highest BCUT2D eigenvalue weighted by Crippen LogP contribution is 2.27. The molecule has 2 saturated carbocycles. The molecule has 0 saturated heterocycles. The molecule has 0 radical (unpaired) electrons. The number of aliphatic hydroxyl groups is 1. The van der Waals surface area contributed by atoms with E-state index < -0.39 is 0 Å². The summed E-state index contributed by atoms with van der Waals surface area (Å²) in [4.78, 5) is 0. The molecule has 106 valence electrons. The van der Waals surface area contributed by atoms with Crippen LogP contribution in [-0.4, -0.2) is 36.0 Å². The summed E-state index contributed by atoms with van der Waals surface area (Å²) in [6.07, 6.45) is 10.6. The first kappa shape index (κ1) is 14.3. The summed E-state index contributed by atoms with van der Waals surface area (Å²) < 4.78 is 6.12. The van der Waals surface area contributed by atoms with Gasteiger partial charge in [0.25, 0.3) is 0 Å². The fraction of sp³-hybridized carbons (Fsp3) is 1.00. The molecule has 2 N–H and O–H groups in total. The van der Waals surface area contributed by atoms with Gasteiger partial charge in [0.2, 0.25) is 0 Å². The number of hydrogen-bond acceptors (Lipinski definition) is 3. The van der Waals surface area contributed by atoms with Crippen molar-refractivity contribution >= 4 is 0 Å². The average molecular weight is 255 g/mol. The molecule has 2 rings (SSSR count). The maximum atomic E-state index is 9.93. The normalized spacial score (nSPS) is 37.7. The molecule has 3 heteroatoms. The summed E-state index contributed by atoms with van der Waals surface area (Å²) >= 11 is 0. The first-order valence-electron chi connectivity index (χ1n) is 7.86. The van der Waals surface area contributed by atoms with E-state index in [0.29, 0.717) is 12.1 Å². The number of aliphatic hydroxyl groups excluding tert-OH is 1. The highest BCUT2D eigenvalue weighted by atomic mass is 16.5. The Labute approximate surface area is 111 Å². The number of rotatable bonds is 5. The van der Waals surface area contributed by atoms with Crippen molar-refractivity contribution in [1.29, 1.82) is 0 Å². The highest BCUT2D eigenvalue weighted by Gasteiger charge is 2.28. The zero-order valence-corrected chi connectivity index (χ0v) is 11.7. The molecule has 2 atom stereocenters. The molecule has 2 fully saturated rings. The van der Waals surface area contributed by atoms with Crippen molar-refractivity contribution in [2.75, 3.05) is 6.54 Å². The first-order chi connectivity index (χ1) is 8.79. The minimum Gasteiger partial charge on any atom is -0.390 e. The molecule has 2 unspecified atom stereocenters. The smallest absolute Gasteiger partial charge is 0.0837 e. The molecular formula is C15H29NO2. The molecule has 0 bridgehead atoms. The molecule has 18 heavy (non-hydrogen) atoms. The quantitative estimate of drug-likeness (QED) is 0.793. The maximum absolute atomic E-state index is 9.93. The number of ether oxygens (including phenoxy) is 1. The van der Waals surface area contributed by atoms with Crippen molar-refractivity contribution in [3.05, 3.63) is 0 Å². The van der Waals surface area contributed by atoms with Gasteiger partial charge in [-0.25, -0.2) is 0 Å². The molecule has 3 nitrogen and oxygen atoms in total. The zero-order chi connectivity index (χ0) is 12.8. The second-order valence-electron chi connectivity index (χ2n) is 5.95. The summed E-state index contributed by atoms with van der Waals surface area (Å²) in [6.45, 7) is 3.35. The third-order valence-electron chi connectivity index (χ3n) is 4.39. The number of nitrogens with one attached hydrogen (secondary N) is 1. The van der Waals surface area contributed by atoms with Gasteiger partial charge in [0, 0.05) is 6.04 Å². The maximum Gasteiger partial charge on any atom is 0.0837 e. The summed E-state index contributed by atoms with van der Waals surface area (Å²) in [5.74, 6) is 0. The van der Waals surface area contributed by atoms with Crippen LogP contribution in [0.25, 0.3) is 0 Å². The van der Waals surface area contributed by atoms with Gasteiger partial charge < -0.3 is 15.2 Å². The molecule has 2 aliphatic carbocycles. The highest BCUT2D eigenvalue weighted by molar-refractivity contribution is 4.81. The van der Waals surface area contributed by atoms with E-state index in [-0.39, 0.29) is 12.2 Å². The van der Waals surface area contributed by atoms with Gasteiger partial charge in [-0.3, -0.25) is 0 Å². The van der Waals surface area contributed by atoms with Crippen LogP contribution in [0.3, 0.4) is 0 Å². The molecule has 0 aromatic carbocycles. The standard InChI is InChI=1S/C15H29NO2/c1-2-11-16-12-7-9-13(10-8-12)18-15-6-4-3-5-14(15)17/h12-17H,2-11H2,1H3. The van der Waals surface area contributed by atoms with E-state index in [1.807, 2.05) is 0 Å². The van der Waals surface area contributed by atoms with Crippen LogP contribution < -0.4 is 5.32 Å². The van der Waals surface area contributed by atoms with Gasteiger partial charge in [-0.2, -0.15) is 0 Å². The van der Waals surface area contributed by atoms with Crippen LogP contribution >= 0.6 is 0 Å². The summed E-state index contributed by atoms with van der Waals surface area (Å²) in [5.41, 5.74) is 0. The Morgan fingerprint density at radius 1 is 1.06 bits per heavy atom. The van der Waals surface area contributed by atoms with Crippen molar-refractivity contribution in [2.24, 2.45) is 0 Å². The second-order valence-corrected chi connectivity index (χ2v) is 5.95. The Balaban J connectivity index is 1.66. The predicted octanol–water partition coefficient (Wildman–Crippen LogP) is 2.62. The van der Waals surface area contributed by atoms with E-state index in [1.165, 1.54) is 25.7 Å². The average Bonchev–Trinajstić information content (AvgIpc) is 2.41. The lowest BCUT2D eigenvalue weighted by atomic mass is 9.91. The van der Waals surface area contributed by atoms with E-state index in [0.717, 1.165) is 38.6 Å². The van der Waals surface area contributed by atoms with E-state index in [4.69, 9.17) is 4.74 Å². The topological polar surface area (TPSA) is 41.5 Å². The Kier molecular flexibility index (Phi) is 5.93. The van der Waals surface area contributed by atoms with E-state index in [9.17, 15) is 5.11 Å². The molecule has 0 spiro atoms. The molecule has 0 aromatic heterocycles. The van der Waals surface area contributed by atoms with Crippen LogP contribution in [0, 0.1) is 0 Å². The Hall–Kier alpha value is -0.120. The summed E-state index contributed by atoms with van der Waals surface area (Å²) in [5, 5.41) is 13.5. The van der Waals surface area contributed by atoms with Crippen LogP contribution in [0.4, 0.5) is 0 Å². The zero-order valence-electron chi connectivity index (χ0n) is 11.7. The van der Waals surface area contributed by atoms with Gasteiger partial charge in [0.15, 0.2) is 0 Å². The third kappa shape index (κ3) is 4.22. The monoisotopic (exact) mass is 255 g/mol. The van der Waals surface area contributed by atoms with Crippen LogP contribution in [-0.2, 0) is 4.74 Å². The van der Waals surface area contributed by atoms with Crippen molar-refractivity contribution in [1.82, 2.24) is 5.32 Å². The minimum atomic E-state index is -0.213. The SMILES string of the molecule is CCCNC1CCC(OC2CCCCC2O)CC1. The molecule has 0 aliphatic heterocycles. The van der Waals surface area contributed by atoms with E-state index in [2.05, 4.69) is 12.2 Å². The van der Waals surface area contributed by atoms with Gasteiger partial charge in [-0.15, -0.1) is 0 Å². The predicted molar refractivity (Wildman–Crippen MR) is 73.7 cm³/mol. The molecule has 0 heterocycles. The number of hydrogen-bond donors (Lipinski definition) is 2. The van der Waals surface area contributed by atoms with Gasteiger partial charge in [-0.05, 0) is 51.5 Å². The fourth-order valence-electron chi connectivity index (χ4n) is 3.23. The Morgan fingerprint density at radius 2 is 1.78 bits per heavy atom. The lowest BCUT2D eigenvalue weighted by Gasteiger charge is -2.35. The molecule has 0 aromatic rings. The van der Waals surface area contributed by atoms with Crippen molar-refractivity contribution in [3.63, 3.8) is 0 Å². The lowest BCUT2D eigenvalue weighted by Crippen LogP contribution is -2.40. The van der Waals surface area contributed by atoms with Gasteiger partial charge in [0.05, 0.1) is 18.3 Å². The van der Waals surface area contributed by atoms with Crippen molar-refractivity contribution in [2.45, 2.75) is 89.1 Å². The van der Waals surface area contributed by atoms with Crippen molar-refractivity contribution in [3.8, 4) is 0 Å². The summed E-state index contributed by atoms with van der Waals surface area (Å²) in [6, 6.07) is 0.695. The van der Waals surface area contributed by atoms with E-state index >= 15 is 0 Å². The largest absolute Gasteiger partial charge is 0.390 e. The van der Waals surface area contributed by atoms with Crippen LogP contribution in [0.1, 0.15) is 64.7 Å². The third-order valence-corrected chi connectivity index (χ3v) is 4.39. The first-order valence-corrected chi connectivity index (χ1v) is 7.86. The van der Waals surface area contributed by atoms with Crippen LogP contribution in [0.2, 0.25) is 0 Å². The molecular weight excluding hydrogens is 226 g/mol. The van der Waals surface area contributed by atoms with Crippen LogP contribution in [0.5, 0.6) is 0 Å². The minimum absolute atomic E-state index is 0.115. The van der Waals surface area contributed by atoms with Gasteiger partial charge in [0.1, 0.15) is 0 Å². The Morgan fingerprint density at radius 3 is 2.44 bits per heavy atom. The van der Waals surface area contributed by atoms with Crippen LogP contribution in [0.15, 0.2) is 0 Å². The van der Waals surface area contributed by atoms with Crippen molar-refractivity contribution < 1.29 is 9.84 Å². The summed E-state index contributed by atoms with van der Waals surface area (Å²) in [7, 11) is 0.